The fourth-order valence-electron chi connectivity index (χ4n) is 1.13. The van der Waals surface area contributed by atoms with Crippen molar-refractivity contribution in [2.45, 2.75) is 33.2 Å². The van der Waals surface area contributed by atoms with Gasteiger partial charge in [0.2, 0.25) is 5.91 Å². The van der Waals surface area contributed by atoms with Crippen molar-refractivity contribution in [1.82, 2.24) is 5.32 Å². The molecule has 3 heteroatoms. The van der Waals surface area contributed by atoms with Crippen molar-refractivity contribution in [3.05, 3.63) is 0 Å². The molecule has 3 nitrogen and oxygen atoms in total. The van der Waals surface area contributed by atoms with Gasteiger partial charge in [0, 0.05) is 18.5 Å². The van der Waals surface area contributed by atoms with Crippen LogP contribution in [0, 0.1) is 11.3 Å². The lowest BCUT2D eigenvalue weighted by atomic mass is 10.1. The predicted molar refractivity (Wildman–Crippen MR) is 48.5 cm³/mol. The van der Waals surface area contributed by atoms with Gasteiger partial charge in [-0.2, -0.15) is 0 Å². The van der Waals surface area contributed by atoms with Gasteiger partial charge in [0.25, 0.3) is 0 Å². The number of nitrogens with two attached hydrogens (primary N) is 1. The number of rotatable bonds is 3. The van der Waals surface area contributed by atoms with Crippen molar-refractivity contribution < 1.29 is 4.79 Å². The maximum Gasteiger partial charge on any atom is 0.224 e. The van der Waals surface area contributed by atoms with Crippen LogP contribution in [0.4, 0.5) is 0 Å². The second kappa shape index (κ2) is 3.05. The van der Waals surface area contributed by atoms with Crippen LogP contribution in [-0.4, -0.2) is 18.5 Å². The summed E-state index contributed by atoms with van der Waals surface area (Å²) in [6.45, 7) is 6.60. The first-order valence-electron chi connectivity index (χ1n) is 4.48. The maximum atomic E-state index is 11.3. The van der Waals surface area contributed by atoms with Crippen LogP contribution in [0.25, 0.3) is 0 Å². The van der Waals surface area contributed by atoms with Crippen molar-refractivity contribution in [3.8, 4) is 0 Å². The van der Waals surface area contributed by atoms with E-state index < -0.39 is 0 Å². The molecule has 1 saturated carbocycles. The largest absolute Gasteiger partial charge is 0.353 e. The molecule has 2 unspecified atom stereocenters. The molecular weight excluding hydrogens is 152 g/mol. The summed E-state index contributed by atoms with van der Waals surface area (Å²) in [7, 11) is 0. The van der Waals surface area contributed by atoms with Gasteiger partial charge in [-0.05, 0) is 11.8 Å². The van der Waals surface area contributed by atoms with E-state index in [2.05, 4.69) is 19.2 Å². The molecule has 0 aliphatic heterocycles. The minimum Gasteiger partial charge on any atom is -0.353 e. The summed E-state index contributed by atoms with van der Waals surface area (Å²) in [5.74, 6) is 0.0366. The molecule has 2 atom stereocenters. The van der Waals surface area contributed by atoms with Crippen molar-refractivity contribution in [2.24, 2.45) is 17.1 Å². The number of amides is 1. The lowest BCUT2D eigenvalue weighted by molar-refractivity contribution is -0.124. The van der Waals surface area contributed by atoms with Crippen LogP contribution in [0.5, 0.6) is 0 Å². The predicted octanol–water partition coefficient (Wildman–Crippen LogP) is 0.496. The molecule has 1 aliphatic rings. The summed E-state index contributed by atoms with van der Waals surface area (Å²) < 4.78 is 0. The molecular formula is C9H18N2O. The van der Waals surface area contributed by atoms with Crippen molar-refractivity contribution in [1.29, 1.82) is 0 Å². The first kappa shape index (κ1) is 9.52. The number of hydrogen-bond donors (Lipinski definition) is 2. The zero-order valence-corrected chi connectivity index (χ0v) is 8.05. The molecule has 0 aromatic heterocycles. The molecule has 3 N–H and O–H groups in total. The molecule has 0 spiro atoms. The summed E-state index contributed by atoms with van der Waals surface area (Å²) >= 11 is 0. The van der Waals surface area contributed by atoms with E-state index in [1.54, 1.807) is 0 Å². The Balaban J connectivity index is 2.29. The Kier molecular flexibility index (Phi) is 2.42. The summed E-state index contributed by atoms with van der Waals surface area (Å²) in [6.07, 6.45) is 1.09. The Morgan fingerprint density at radius 1 is 1.75 bits per heavy atom. The lowest BCUT2D eigenvalue weighted by Crippen LogP contribution is -2.36. The molecule has 1 aliphatic carbocycles. The second-order valence-corrected chi connectivity index (χ2v) is 4.39. The van der Waals surface area contributed by atoms with Crippen LogP contribution in [0.1, 0.15) is 27.2 Å². The monoisotopic (exact) mass is 170 g/mol. The number of carbonyl (C=O) groups excluding carboxylic acids is 1. The Bertz CT molecular complexity index is 189. The van der Waals surface area contributed by atoms with E-state index in [9.17, 15) is 4.79 Å². The minimum absolute atomic E-state index is 0.0543. The van der Waals surface area contributed by atoms with E-state index in [0.717, 1.165) is 6.42 Å². The average molecular weight is 170 g/mol. The van der Waals surface area contributed by atoms with Crippen LogP contribution in [0.15, 0.2) is 0 Å². The van der Waals surface area contributed by atoms with Gasteiger partial charge in [-0.1, -0.05) is 20.8 Å². The molecule has 0 aromatic carbocycles. The van der Waals surface area contributed by atoms with E-state index >= 15 is 0 Å². The van der Waals surface area contributed by atoms with Gasteiger partial charge in [-0.3, -0.25) is 4.79 Å². The molecule has 0 bridgehead atoms. The van der Waals surface area contributed by atoms with Crippen LogP contribution < -0.4 is 11.1 Å². The van der Waals surface area contributed by atoms with E-state index in [-0.39, 0.29) is 11.8 Å². The average Bonchev–Trinajstić information content (AvgIpc) is 2.57. The molecule has 0 saturated heterocycles. The van der Waals surface area contributed by atoms with Crippen molar-refractivity contribution >= 4 is 5.91 Å². The zero-order valence-electron chi connectivity index (χ0n) is 8.05. The first-order valence-corrected chi connectivity index (χ1v) is 4.48. The van der Waals surface area contributed by atoms with E-state index in [0.29, 0.717) is 18.0 Å². The molecule has 70 valence electrons. The lowest BCUT2D eigenvalue weighted by Gasteiger charge is -2.10. The fourth-order valence-corrected chi connectivity index (χ4v) is 1.13. The van der Waals surface area contributed by atoms with E-state index in [1.165, 1.54) is 0 Å². The quantitative estimate of drug-likeness (QED) is 0.648. The SMILES string of the molecule is CC(CN)C(=O)NC1CC1(C)C. The van der Waals surface area contributed by atoms with Crippen LogP contribution >= 0.6 is 0 Å². The van der Waals surface area contributed by atoms with Gasteiger partial charge >= 0.3 is 0 Å². The van der Waals surface area contributed by atoms with Crippen LogP contribution in [-0.2, 0) is 4.79 Å². The van der Waals surface area contributed by atoms with Gasteiger partial charge in [-0.15, -0.1) is 0 Å². The fraction of sp³-hybridized carbons (Fsp3) is 0.889. The molecule has 0 radical (unpaired) electrons. The maximum absolute atomic E-state index is 11.3. The smallest absolute Gasteiger partial charge is 0.224 e. The topological polar surface area (TPSA) is 55.1 Å². The van der Waals surface area contributed by atoms with Crippen molar-refractivity contribution in [2.75, 3.05) is 6.54 Å². The number of nitrogens with one attached hydrogen (secondary N) is 1. The Hall–Kier alpha value is -0.570. The highest BCUT2D eigenvalue weighted by atomic mass is 16.2. The summed E-state index contributed by atoms with van der Waals surface area (Å²) in [6, 6.07) is 0.374. The molecule has 1 rings (SSSR count). The first-order chi connectivity index (χ1) is 5.47. The Labute approximate surface area is 73.7 Å². The van der Waals surface area contributed by atoms with E-state index in [1.807, 2.05) is 6.92 Å². The Morgan fingerprint density at radius 3 is 2.58 bits per heavy atom. The third kappa shape index (κ3) is 1.97. The van der Waals surface area contributed by atoms with Crippen molar-refractivity contribution in [3.63, 3.8) is 0 Å². The summed E-state index contributed by atoms with van der Waals surface area (Å²) in [5, 5.41) is 2.98. The van der Waals surface area contributed by atoms with Crippen LogP contribution in [0.3, 0.4) is 0 Å². The highest BCUT2D eigenvalue weighted by Gasteiger charge is 2.46. The van der Waals surface area contributed by atoms with Gasteiger partial charge in [0.15, 0.2) is 0 Å². The van der Waals surface area contributed by atoms with Gasteiger partial charge in [-0.25, -0.2) is 0 Å². The highest BCUT2D eigenvalue weighted by Crippen LogP contribution is 2.44. The third-order valence-corrected chi connectivity index (χ3v) is 2.63. The molecule has 0 heterocycles. The van der Waals surface area contributed by atoms with E-state index in [4.69, 9.17) is 5.73 Å². The van der Waals surface area contributed by atoms with Crippen LogP contribution in [0.2, 0.25) is 0 Å². The van der Waals surface area contributed by atoms with Gasteiger partial charge < -0.3 is 11.1 Å². The normalized spacial score (nSPS) is 27.8. The highest BCUT2D eigenvalue weighted by molar-refractivity contribution is 5.79. The summed E-state index contributed by atoms with van der Waals surface area (Å²) in [5.41, 5.74) is 5.69. The third-order valence-electron chi connectivity index (χ3n) is 2.63. The summed E-state index contributed by atoms with van der Waals surface area (Å²) in [4.78, 5) is 11.3. The zero-order chi connectivity index (χ0) is 9.35. The second-order valence-electron chi connectivity index (χ2n) is 4.39. The molecule has 1 fully saturated rings. The molecule has 0 aromatic rings. The Morgan fingerprint density at radius 2 is 2.25 bits per heavy atom. The molecule has 12 heavy (non-hydrogen) atoms. The standard InChI is InChI=1S/C9H18N2O/c1-6(5-10)8(12)11-7-4-9(7,2)3/h6-7H,4-5,10H2,1-3H3,(H,11,12). The van der Waals surface area contributed by atoms with Gasteiger partial charge in [0.05, 0.1) is 0 Å². The number of hydrogen-bond acceptors (Lipinski definition) is 2. The minimum atomic E-state index is -0.0543. The number of carbonyl (C=O) groups is 1. The van der Waals surface area contributed by atoms with Gasteiger partial charge in [0.1, 0.15) is 0 Å². The molecule has 1 amide bonds.